The standard InChI is InChI=1S/C14H24N2O4/c1-9(2)11(14(19)20-3)16-13(18)12(17)15-10-7-5-4-6-8-10/h9-11H,4-8H2,1-3H3,(H,15,17)(H,16,18). The third-order valence-electron chi connectivity index (χ3n) is 3.56. The minimum atomic E-state index is -0.801. The van der Waals surface area contributed by atoms with E-state index < -0.39 is 23.8 Å². The Morgan fingerprint density at radius 1 is 1.05 bits per heavy atom. The predicted octanol–water partition coefficient (Wildman–Crippen LogP) is 0.749. The van der Waals surface area contributed by atoms with Gasteiger partial charge in [-0.05, 0) is 18.8 Å². The molecule has 1 unspecified atom stereocenters. The lowest BCUT2D eigenvalue weighted by molar-refractivity contribution is -0.148. The number of methoxy groups -OCH3 is 1. The summed E-state index contributed by atoms with van der Waals surface area (Å²) in [6.07, 6.45) is 5.14. The van der Waals surface area contributed by atoms with Crippen LogP contribution in [0.25, 0.3) is 0 Å². The summed E-state index contributed by atoms with van der Waals surface area (Å²) in [7, 11) is 1.26. The first-order valence-corrected chi connectivity index (χ1v) is 7.15. The van der Waals surface area contributed by atoms with E-state index in [1.165, 1.54) is 13.5 Å². The number of hydrogen-bond donors (Lipinski definition) is 2. The maximum atomic E-state index is 11.8. The summed E-state index contributed by atoms with van der Waals surface area (Å²) in [4.78, 5) is 35.2. The maximum absolute atomic E-state index is 11.8. The molecule has 1 aliphatic rings. The van der Waals surface area contributed by atoms with Gasteiger partial charge in [0.05, 0.1) is 7.11 Å². The highest BCUT2D eigenvalue weighted by molar-refractivity contribution is 6.35. The molecule has 0 aromatic heterocycles. The van der Waals surface area contributed by atoms with Gasteiger partial charge in [0, 0.05) is 6.04 Å². The Bertz CT molecular complexity index is 362. The minimum Gasteiger partial charge on any atom is -0.467 e. The molecule has 6 nitrogen and oxygen atoms in total. The number of rotatable bonds is 4. The van der Waals surface area contributed by atoms with Gasteiger partial charge in [-0.15, -0.1) is 0 Å². The van der Waals surface area contributed by atoms with Crippen molar-refractivity contribution in [1.29, 1.82) is 0 Å². The molecule has 2 amide bonds. The Morgan fingerprint density at radius 2 is 1.65 bits per heavy atom. The number of amides is 2. The molecule has 1 fully saturated rings. The largest absolute Gasteiger partial charge is 0.467 e. The van der Waals surface area contributed by atoms with Gasteiger partial charge >= 0.3 is 17.8 Å². The predicted molar refractivity (Wildman–Crippen MR) is 73.8 cm³/mol. The molecule has 20 heavy (non-hydrogen) atoms. The van der Waals surface area contributed by atoms with Gasteiger partial charge in [-0.3, -0.25) is 9.59 Å². The molecule has 0 aromatic rings. The molecule has 0 aliphatic heterocycles. The summed E-state index contributed by atoms with van der Waals surface area (Å²) >= 11 is 0. The molecule has 2 N–H and O–H groups in total. The Hall–Kier alpha value is -1.59. The Morgan fingerprint density at radius 3 is 2.15 bits per heavy atom. The monoisotopic (exact) mass is 284 g/mol. The summed E-state index contributed by atoms with van der Waals surface area (Å²) in [6.45, 7) is 3.56. The lowest BCUT2D eigenvalue weighted by atomic mass is 9.95. The molecule has 1 rings (SSSR count). The van der Waals surface area contributed by atoms with Crippen molar-refractivity contribution in [3.05, 3.63) is 0 Å². The van der Waals surface area contributed by atoms with Crippen LogP contribution in [0.4, 0.5) is 0 Å². The fourth-order valence-corrected chi connectivity index (χ4v) is 2.33. The summed E-state index contributed by atoms with van der Waals surface area (Å²) in [5.74, 6) is -2.14. The fraction of sp³-hybridized carbons (Fsp3) is 0.786. The van der Waals surface area contributed by atoms with Crippen LogP contribution >= 0.6 is 0 Å². The third kappa shape index (κ3) is 4.83. The number of esters is 1. The van der Waals surface area contributed by atoms with Crippen molar-refractivity contribution >= 4 is 17.8 Å². The molecule has 0 aromatic carbocycles. The average molecular weight is 284 g/mol. The summed E-state index contributed by atoms with van der Waals surface area (Å²) < 4.78 is 4.62. The highest BCUT2D eigenvalue weighted by Gasteiger charge is 2.28. The van der Waals surface area contributed by atoms with Crippen molar-refractivity contribution in [3.63, 3.8) is 0 Å². The van der Waals surface area contributed by atoms with E-state index in [1.54, 1.807) is 13.8 Å². The van der Waals surface area contributed by atoms with Gasteiger partial charge < -0.3 is 15.4 Å². The molecule has 0 bridgehead atoms. The molecule has 0 heterocycles. The Balaban J connectivity index is 2.50. The zero-order valence-electron chi connectivity index (χ0n) is 12.4. The smallest absolute Gasteiger partial charge is 0.328 e. The first-order valence-electron chi connectivity index (χ1n) is 7.15. The van der Waals surface area contributed by atoms with Crippen molar-refractivity contribution in [2.24, 2.45) is 5.92 Å². The van der Waals surface area contributed by atoms with Crippen LogP contribution in [-0.4, -0.2) is 37.0 Å². The van der Waals surface area contributed by atoms with E-state index in [-0.39, 0.29) is 12.0 Å². The highest BCUT2D eigenvalue weighted by Crippen LogP contribution is 2.17. The van der Waals surface area contributed by atoms with Crippen LogP contribution in [0.2, 0.25) is 0 Å². The number of ether oxygens (including phenoxy) is 1. The molecule has 1 aliphatic carbocycles. The van der Waals surface area contributed by atoms with Crippen LogP contribution in [0.5, 0.6) is 0 Å². The molecule has 0 saturated heterocycles. The van der Waals surface area contributed by atoms with Crippen molar-refractivity contribution in [2.45, 2.75) is 58.0 Å². The van der Waals surface area contributed by atoms with E-state index in [0.717, 1.165) is 25.7 Å². The van der Waals surface area contributed by atoms with Crippen LogP contribution < -0.4 is 10.6 Å². The van der Waals surface area contributed by atoms with Gasteiger partial charge in [-0.1, -0.05) is 33.1 Å². The van der Waals surface area contributed by atoms with Crippen LogP contribution in [0.3, 0.4) is 0 Å². The topological polar surface area (TPSA) is 84.5 Å². The summed E-state index contributed by atoms with van der Waals surface area (Å²) in [6, 6.07) is -0.734. The minimum absolute atomic E-state index is 0.0672. The maximum Gasteiger partial charge on any atom is 0.328 e. The molecule has 114 valence electrons. The summed E-state index contributed by atoms with van der Waals surface area (Å²) in [5.41, 5.74) is 0. The van der Waals surface area contributed by atoms with E-state index in [0.29, 0.717) is 0 Å². The highest BCUT2D eigenvalue weighted by atomic mass is 16.5. The van der Waals surface area contributed by atoms with Gasteiger partial charge in [0.2, 0.25) is 0 Å². The van der Waals surface area contributed by atoms with E-state index in [4.69, 9.17) is 0 Å². The van der Waals surface area contributed by atoms with Crippen LogP contribution in [-0.2, 0) is 19.1 Å². The van der Waals surface area contributed by atoms with E-state index >= 15 is 0 Å². The second-order valence-electron chi connectivity index (χ2n) is 5.53. The molecule has 6 heteroatoms. The zero-order valence-corrected chi connectivity index (χ0v) is 12.4. The third-order valence-corrected chi connectivity index (χ3v) is 3.56. The van der Waals surface area contributed by atoms with Crippen LogP contribution in [0, 0.1) is 5.92 Å². The van der Waals surface area contributed by atoms with E-state index in [2.05, 4.69) is 15.4 Å². The Kier molecular flexibility index (Phi) is 6.48. The van der Waals surface area contributed by atoms with E-state index in [1.807, 2.05) is 0 Å². The van der Waals surface area contributed by atoms with E-state index in [9.17, 15) is 14.4 Å². The normalized spacial score (nSPS) is 17.4. The summed E-state index contributed by atoms with van der Waals surface area (Å²) in [5, 5.41) is 5.15. The van der Waals surface area contributed by atoms with Crippen molar-refractivity contribution in [2.75, 3.05) is 7.11 Å². The van der Waals surface area contributed by atoms with Gasteiger partial charge in [0.1, 0.15) is 6.04 Å². The molecular formula is C14H24N2O4. The lowest BCUT2D eigenvalue weighted by Crippen LogP contribution is -2.52. The lowest BCUT2D eigenvalue weighted by Gasteiger charge is -2.23. The molecule has 0 radical (unpaired) electrons. The van der Waals surface area contributed by atoms with Gasteiger partial charge in [-0.2, -0.15) is 0 Å². The van der Waals surface area contributed by atoms with Gasteiger partial charge in [0.25, 0.3) is 0 Å². The van der Waals surface area contributed by atoms with Crippen LogP contribution in [0.15, 0.2) is 0 Å². The second-order valence-corrected chi connectivity index (χ2v) is 5.53. The number of hydrogen-bond acceptors (Lipinski definition) is 4. The quantitative estimate of drug-likeness (QED) is 0.589. The first-order chi connectivity index (χ1) is 9.45. The number of nitrogens with one attached hydrogen (secondary N) is 2. The van der Waals surface area contributed by atoms with Gasteiger partial charge in [-0.25, -0.2) is 4.79 Å². The van der Waals surface area contributed by atoms with Gasteiger partial charge in [0.15, 0.2) is 0 Å². The molecule has 1 atom stereocenters. The van der Waals surface area contributed by atoms with Crippen molar-refractivity contribution < 1.29 is 19.1 Å². The molecule has 0 spiro atoms. The molecule has 1 saturated carbocycles. The van der Waals surface area contributed by atoms with Crippen molar-refractivity contribution in [3.8, 4) is 0 Å². The Labute approximate surface area is 119 Å². The number of carbonyl (C=O) groups excluding carboxylic acids is 3. The second kappa shape index (κ2) is 7.87. The average Bonchev–Trinajstić information content (AvgIpc) is 2.44. The molecular weight excluding hydrogens is 260 g/mol. The number of carbonyl (C=O) groups is 3. The van der Waals surface area contributed by atoms with Crippen LogP contribution in [0.1, 0.15) is 46.0 Å². The zero-order chi connectivity index (χ0) is 15.1. The fourth-order valence-electron chi connectivity index (χ4n) is 2.33. The van der Waals surface area contributed by atoms with Crippen molar-refractivity contribution in [1.82, 2.24) is 10.6 Å². The first kappa shape index (κ1) is 16.5. The SMILES string of the molecule is COC(=O)C(NC(=O)C(=O)NC1CCCCC1)C(C)C.